The fourth-order valence-electron chi connectivity index (χ4n) is 1.25. The van der Waals surface area contributed by atoms with Gasteiger partial charge in [0.05, 0.1) is 5.69 Å². The molecule has 0 aromatic carbocycles. The summed E-state index contributed by atoms with van der Waals surface area (Å²) < 4.78 is 0. The van der Waals surface area contributed by atoms with Gasteiger partial charge in [0.2, 0.25) is 0 Å². The first-order chi connectivity index (χ1) is 7.66. The molecule has 0 radical (unpaired) electrons. The van der Waals surface area contributed by atoms with Gasteiger partial charge >= 0.3 is 0 Å². The monoisotopic (exact) mass is 234 g/mol. The number of nitrogens with two attached hydrogens (primary N) is 1. The van der Waals surface area contributed by atoms with Gasteiger partial charge in [-0.05, 0) is 19.1 Å². The minimum absolute atomic E-state index is 0.196. The van der Waals surface area contributed by atoms with Crippen molar-refractivity contribution in [3.05, 3.63) is 35.1 Å². The number of anilines is 2. The van der Waals surface area contributed by atoms with Crippen LogP contribution in [0, 0.1) is 6.92 Å². The van der Waals surface area contributed by atoms with Gasteiger partial charge in [0.25, 0.3) is 5.91 Å². The number of carbonyl (C=O) groups is 1. The van der Waals surface area contributed by atoms with Crippen molar-refractivity contribution in [1.82, 2.24) is 9.97 Å². The molecule has 6 heteroatoms. The zero-order valence-electron chi connectivity index (χ0n) is 8.60. The topological polar surface area (TPSA) is 80.9 Å². The van der Waals surface area contributed by atoms with Crippen molar-refractivity contribution in [2.24, 2.45) is 0 Å². The molecule has 5 nitrogen and oxygen atoms in total. The molecule has 0 saturated carbocycles. The average Bonchev–Trinajstić information content (AvgIpc) is 2.59. The van der Waals surface area contributed by atoms with Crippen LogP contribution in [0.25, 0.3) is 0 Å². The summed E-state index contributed by atoms with van der Waals surface area (Å²) in [5.41, 5.74) is 6.88. The number of pyridine rings is 1. The van der Waals surface area contributed by atoms with E-state index in [4.69, 9.17) is 5.73 Å². The number of thiazole rings is 1. The maximum Gasteiger partial charge on any atom is 0.267 e. The maximum atomic E-state index is 11.8. The number of amides is 1. The van der Waals surface area contributed by atoms with E-state index in [9.17, 15) is 4.79 Å². The minimum Gasteiger partial charge on any atom is -0.375 e. The molecule has 0 saturated heterocycles. The van der Waals surface area contributed by atoms with Crippen LogP contribution < -0.4 is 11.1 Å². The lowest BCUT2D eigenvalue weighted by Crippen LogP contribution is -2.11. The van der Waals surface area contributed by atoms with Crippen molar-refractivity contribution in [3.8, 4) is 0 Å². The molecule has 0 aliphatic carbocycles. The summed E-state index contributed by atoms with van der Waals surface area (Å²) in [4.78, 5) is 20.2. The molecule has 0 aliphatic heterocycles. The van der Waals surface area contributed by atoms with Gasteiger partial charge in [-0.25, -0.2) is 4.98 Å². The van der Waals surface area contributed by atoms with E-state index in [-0.39, 0.29) is 5.91 Å². The second-order valence-electron chi connectivity index (χ2n) is 3.16. The van der Waals surface area contributed by atoms with E-state index < -0.39 is 0 Å². The Bertz CT molecular complexity index is 509. The summed E-state index contributed by atoms with van der Waals surface area (Å²) in [6.45, 7) is 1.76. The van der Waals surface area contributed by atoms with E-state index in [1.54, 1.807) is 31.5 Å². The fourth-order valence-corrected chi connectivity index (χ4v) is 1.98. The van der Waals surface area contributed by atoms with Crippen LogP contribution in [-0.2, 0) is 0 Å². The molecule has 0 fully saturated rings. The van der Waals surface area contributed by atoms with Crippen LogP contribution in [0.1, 0.15) is 15.4 Å². The third kappa shape index (κ3) is 2.17. The zero-order chi connectivity index (χ0) is 11.5. The van der Waals surface area contributed by atoms with Gasteiger partial charge in [0, 0.05) is 18.1 Å². The normalized spacial score (nSPS) is 10.1. The van der Waals surface area contributed by atoms with Crippen LogP contribution in [-0.4, -0.2) is 15.9 Å². The highest BCUT2D eigenvalue weighted by Gasteiger charge is 2.13. The van der Waals surface area contributed by atoms with E-state index in [1.807, 2.05) is 0 Å². The molecule has 1 amide bonds. The second-order valence-corrected chi connectivity index (χ2v) is 4.19. The second kappa shape index (κ2) is 4.28. The fraction of sp³-hybridized carbons (Fsp3) is 0.100. The Morgan fingerprint density at radius 2 is 2.12 bits per heavy atom. The molecular formula is C10H10N4OS. The average molecular weight is 234 g/mol. The number of nitrogens with one attached hydrogen (secondary N) is 1. The van der Waals surface area contributed by atoms with Crippen molar-refractivity contribution in [2.45, 2.75) is 6.92 Å². The Kier molecular flexibility index (Phi) is 2.82. The predicted molar refractivity (Wildman–Crippen MR) is 63.5 cm³/mol. The van der Waals surface area contributed by atoms with Crippen LogP contribution in [0.5, 0.6) is 0 Å². The van der Waals surface area contributed by atoms with Gasteiger partial charge in [0.15, 0.2) is 5.13 Å². The van der Waals surface area contributed by atoms with Gasteiger partial charge in [-0.15, -0.1) is 0 Å². The molecule has 2 aromatic heterocycles. The lowest BCUT2D eigenvalue weighted by atomic mass is 10.3. The molecule has 2 rings (SSSR count). The molecule has 0 aliphatic rings. The van der Waals surface area contributed by atoms with E-state index in [2.05, 4.69) is 15.3 Å². The van der Waals surface area contributed by atoms with Gasteiger partial charge in [-0.1, -0.05) is 11.3 Å². The summed E-state index contributed by atoms with van der Waals surface area (Å²) in [7, 11) is 0. The van der Waals surface area contributed by atoms with Crippen LogP contribution in [0.4, 0.5) is 10.8 Å². The SMILES string of the molecule is Cc1nc(N)sc1C(=O)Nc1ccncc1. The number of carbonyl (C=O) groups excluding carboxylic acids is 1. The van der Waals surface area contributed by atoms with Gasteiger partial charge in [0.1, 0.15) is 4.88 Å². The summed E-state index contributed by atoms with van der Waals surface area (Å²) in [6, 6.07) is 3.44. The molecular weight excluding hydrogens is 224 g/mol. The first-order valence-corrected chi connectivity index (χ1v) is 5.43. The number of nitrogens with zero attached hydrogens (tertiary/aromatic N) is 2. The molecule has 0 atom stereocenters. The molecule has 0 bridgehead atoms. The number of hydrogen-bond donors (Lipinski definition) is 2. The van der Waals surface area contributed by atoms with E-state index in [1.165, 1.54) is 11.3 Å². The Morgan fingerprint density at radius 3 is 2.69 bits per heavy atom. The van der Waals surface area contributed by atoms with Crippen LogP contribution in [0.2, 0.25) is 0 Å². The van der Waals surface area contributed by atoms with Gasteiger partial charge < -0.3 is 11.1 Å². The number of aryl methyl sites for hydroxylation is 1. The van der Waals surface area contributed by atoms with Gasteiger partial charge in [-0.3, -0.25) is 9.78 Å². The highest BCUT2D eigenvalue weighted by molar-refractivity contribution is 7.17. The van der Waals surface area contributed by atoms with Crippen molar-refractivity contribution >= 4 is 28.1 Å². The first kappa shape index (κ1) is 10.6. The van der Waals surface area contributed by atoms with E-state index in [0.717, 1.165) is 0 Å². The molecule has 2 aromatic rings. The summed E-state index contributed by atoms with van der Waals surface area (Å²) in [6.07, 6.45) is 3.23. The lowest BCUT2D eigenvalue weighted by molar-refractivity contribution is 0.103. The van der Waals surface area contributed by atoms with Crippen molar-refractivity contribution in [1.29, 1.82) is 0 Å². The molecule has 0 spiro atoms. The smallest absolute Gasteiger partial charge is 0.267 e. The molecule has 2 heterocycles. The van der Waals surface area contributed by atoms with E-state index >= 15 is 0 Å². The zero-order valence-corrected chi connectivity index (χ0v) is 9.41. The Labute approximate surface area is 96.3 Å². The van der Waals surface area contributed by atoms with Crippen molar-refractivity contribution in [2.75, 3.05) is 11.1 Å². The molecule has 16 heavy (non-hydrogen) atoms. The first-order valence-electron chi connectivity index (χ1n) is 4.61. The van der Waals surface area contributed by atoms with E-state index in [0.29, 0.717) is 21.4 Å². The van der Waals surface area contributed by atoms with Crippen molar-refractivity contribution < 1.29 is 4.79 Å². The summed E-state index contributed by atoms with van der Waals surface area (Å²) in [5, 5.41) is 3.15. The maximum absolute atomic E-state index is 11.8. The third-order valence-electron chi connectivity index (χ3n) is 1.96. The van der Waals surface area contributed by atoms with Gasteiger partial charge in [-0.2, -0.15) is 0 Å². The summed E-state index contributed by atoms with van der Waals surface area (Å²) >= 11 is 1.18. The Balaban J connectivity index is 2.18. The lowest BCUT2D eigenvalue weighted by Gasteiger charge is -2.02. The van der Waals surface area contributed by atoms with Crippen LogP contribution in [0.3, 0.4) is 0 Å². The number of nitrogen functional groups attached to an aromatic ring is 1. The Morgan fingerprint density at radius 1 is 1.44 bits per heavy atom. The van der Waals surface area contributed by atoms with Crippen molar-refractivity contribution in [3.63, 3.8) is 0 Å². The molecule has 0 unspecified atom stereocenters. The quantitative estimate of drug-likeness (QED) is 0.828. The molecule has 3 N–H and O–H groups in total. The number of rotatable bonds is 2. The highest BCUT2D eigenvalue weighted by Crippen LogP contribution is 2.20. The third-order valence-corrected chi connectivity index (χ3v) is 2.94. The van der Waals surface area contributed by atoms with Crippen LogP contribution >= 0.6 is 11.3 Å². The Hall–Kier alpha value is -1.95. The minimum atomic E-state index is -0.196. The standard InChI is InChI=1S/C10H10N4OS/c1-6-8(16-10(11)13-6)9(15)14-7-2-4-12-5-3-7/h2-5H,1H3,(H2,11,13)(H,12,14,15). The largest absolute Gasteiger partial charge is 0.375 e. The van der Waals surface area contributed by atoms with Crippen LogP contribution in [0.15, 0.2) is 24.5 Å². The number of aromatic nitrogens is 2. The summed E-state index contributed by atoms with van der Waals surface area (Å²) in [5.74, 6) is -0.196. The molecule has 82 valence electrons. The highest BCUT2D eigenvalue weighted by atomic mass is 32.1. The number of hydrogen-bond acceptors (Lipinski definition) is 5. The predicted octanol–water partition coefficient (Wildman–Crippen LogP) is 1.68.